The number of aromatic nitrogens is 1. The molecule has 0 radical (unpaired) electrons. The summed E-state index contributed by atoms with van der Waals surface area (Å²) >= 11 is 0. The molecule has 1 N–H and O–H groups in total. The molecule has 2 heterocycles. The molecule has 0 amide bonds. The van der Waals surface area contributed by atoms with Gasteiger partial charge in [-0.25, -0.2) is 13.4 Å². The van der Waals surface area contributed by atoms with Crippen LogP contribution in [0.4, 0.5) is 5.82 Å². The van der Waals surface area contributed by atoms with E-state index in [1.807, 2.05) is 6.92 Å². The van der Waals surface area contributed by atoms with Crippen molar-refractivity contribution in [3.8, 4) is 0 Å². The van der Waals surface area contributed by atoms with Crippen LogP contribution >= 0.6 is 0 Å². The van der Waals surface area contributed by atoms with Gasteiger partial charge < -0.3 is 5.32 Å². The van der Waals surface area contributed by atoms with E-state index >= 15 is 0 Å². The molecule has 1 fully saturated rings. The van der Waals surface area contributed by atoms with Crippen LogP contribution in [-0.2, 0) is 10.0 Å². The standard InChI is InChI=1S/C13H21N3O2S/c1-3-11-7-8-16(10-11)19(17,18)12-5-6-13(14-4-2)15-9-12/h5-6,9,11H,3-4,7-8,10H2,1-2H3,(H,14,15). The van der Waals surface area contributed by atoms with E-state index in [0.29, 0.717) is 24.8 Å². The maximum absolute atomic E-state index is 12.4. The van der Waals surface area contributed by atoms with E-state index in [0.717, 1.165) is 19.4 Å². The fourth-order valence-electron chi connectivity index (χ4n) is 2.32. The van der Waals surface area contributed by atoms with Crippen LogP contribution in [0.3, 0.4) is 0 Å². The fraction of sp³-hybridized carbons (Fsp3) is 0.615. The van der Waals surface area contributed by atoms with Gasteiger partial charge in [0.1, 0.15) is 10.7 Å². The Morgan fingerprint density at radius 2 is 2.21 bits per heavy atom. The summed E-state index contributed by atoms with van der Waals surface area (Å²) in [5.74, 6) is 1.19. The second kappa shape index (κ2) is 5.88. The van der Waals surface area contributed by atoms with Crippen LogP contribution in [0.15, 0.2) is 23.2 Å². The summed E-state index contributed by atoms with van der Waals surface area (Å²) < 4.78 is 26.4. The lowest BCUT2D eigenvalue weighted by Crippen LogP contribution is -2.29. The molecule has 19 heavy (non-hydrogen) atoms. The van der Waals surface area contributed by atoms with Crippen LogP contribution in [-0.4, -0.2) is 37.3 Å². The summed E-state index contributed by atoms with van der Waals surface area (Å²) in [4.78, 5) is 4.41. The number of hydrogen-bond acceptors (Lipinski definition) is 4. The quantitative estimate of drug-likeness (QED) is 0.897. The van der Waals surface area contributed by atoms with Crippen molar-refractivity contribution in [3.63, 3.8) is 0 Å². The Balaban J connectivity index is 2.15. The molecule has 1 aliphatic rings. The van der Waals surface area contributed by atoms with Crippen molar-refractivity contribution < 1.29 is 8.42 Å². The average molecular weight is 283 g/mol. The summed E-state index contributed by atoms with van der Waals surface area (Å²) in [6.45, 7) is 6.10. The Labute approximate surface area is 115 Å². The third-order valence-electron chi connectivity index (χ3n) is 3.56. The molecule has 1 aliphatic heterocycles. The van der Waals surface area contributed by atoms with Gasteiger partial charge in [-0.2, -0.15) is 4.31 Å². The van der Waals surface area contributed by atoms with Gasteiger partial charge in [-0.1, -0.05) is 13.3 Å². The van der Waals surface area contributed by atoms with Gasteiger partial charge in [0.15, 0.2) is 0 Å². The minimum absolute atomic E-state index is 0.283. The van der Waals surface area contributed by atoms with Crippen molar-refractivity contribution in [1.82, 2.24) is 9.29 Å². The first-order chi connectivity index (χ1) is 9.07. The van der Waals surface area contributed by atoms with E-state index in [9.17, 15) is 8.42 Å². The minimum Gasteiger partial charge on any atom is -0.370 e. The number of rotatable bonds is 5. The fourth-order valence-corrected chi connectivity index (χ4v) is 3.79. The smallest absolute Gasteiger partial charge is 0.244 e. The summed E-state index contributed by atoms with van der Waals surface area (Å²) in [5.41, 5.74) is 0. The number of hydrogen-bond donors (Lipinski definition) is 1. The van der Waals surface area contributed by atoms with Crippen molar-refractivity contribution in [1.29, 1.82) is 0 Å². The third-order valence-corrected chi connectivity index (χ3v) is 5.41. The van der Waals surface area contributed by atoms with Crippen molar-refractivity contribution in [3.05, 3.63) is 18.3 Å². The molecule has 2 rings (SSSR count). The molecule has 1 atom stereocenters. The highest BCUT2D eigenvalue weighted by molar-refractivity contribution is 7.89. The molecular weight excluding hydrogens is 262 g/mol. The summed E-state index contributed by atoms with van der Waals surface area (Å²) in [6, 6.07) is 3.34. The van der Waals surface area contributed by atoms with Gasteiger partial charge in [-0.15, -0.1) is 0 Å². The number of nitrogens with one attached hydrogen (secondary N) is 1. The zero-order chi connectivity index (χ0) is 13.9. The van der Waals surface area contributed by atoms with E-state index in [4.69, 9.17) is 0 Å². The third kappa shape index (κ3) is 3.06. The molecule has 1 unspecified atom stereocenters. The molecule has 1 aromatic heterocycles. The van der Waals surface area contributed by atoms with Crippen LogP contribution < -0.4 is 5.32 Å². The van der Waals surface area contributed by atoms with Crippen LogP contribution in [0.25, 0.3) is 0 Å². The lowest BCUT2D eigenvalue weighted by molar-refractivity contribution is 0.453. The Bertz CT molecular complexity index is 513. The normalized spacial score (nSPS) is 20.6. The molecule has 106 valence electrons. The Morgan fingerprint density at radius 3 is 2.74 bits per heavy atom. The zero-order valence-corrected chi connectivity index (χ0v) is 12.3. The minimum atomic E-state index is -3.37. The predicted molar refractivity (Wildman–Crippen MR) is 75.6 cm³/mol. The zero-order valence-electron chi connectivity index (χ0n) is 11.5. The van der Waals surface area contributed by atoms with Gasteiger partial charge in [0.25, 0.3) is 0 Å². The van der Waals surface area contributed by atoms with E-state index in [1.54, 1.807) is 16.4 Å². The molecule has 0 saturated carbocycles. The Kier molecular flexibility index (Phi) is 4.42. The van der Waals surface area contributed by atoms with Crippen molar-refractivity contribution >= 4 is 15.8 Å². The van der Waals surface area contributed by atoms with Crippen LogP contribution in [0, 0.1) is 5.92 Å². The second-order valence-electron chi connectivity index (χ2n) is 4.84. The maximum atomic E-state index is 12.4. The van der Waals surface area contributed by atoms with Gasteiger partial charge in [0.2, 0.25) is 10.0 Å². The van der Waals surface area contributed by atoms with Gasteiger partial charge in [-0.05, 0) is 31.4 Å². The van der Waals surface area contributed by atoms with Gasteiger partial charge in [-0.3, -0.25) is 0 Å². The van der Waals surface area contributed by atoms with E-state index in [-0.39, 0.29) is 4.90 Å². The largest absolute Gasteiger partial charge is 0.370 e. The topological polar surface area (TPSA) is 62.3 Å². The maximum Gasteiger partial charge on any atom is 0.244 e. The number of anilines is 1. The molecule has 1 saturated heterocycles. The summed E-state index contributed by atoms with van der Waals surface area (Å²) in [6.07, 6.45) is 3.43. The molecule has 0 bridgehead atoms. The second-order valence-corrected chi connectivity index (χ2v) is 6.77. The SMILES string of the molecule is CCNc1ccc(S(=O)(=O)N2CCC(CC)C2)cn1. The van der Waals surface area contributed by atoms with Crippen molar-refractivity contribution in [2.24, 2.45) is 5.92 Å². The van der Waals surface area contributed by atoms with E-state index in [2.05, 4.69) is 17.2 Å². The Hall–Kier alpha value is -1.14. The first-order valence-corrected chi connectivity index (χ1v) is 8.22. The highest BCUT2D eigenvalue weighted by atomic mass is 32.2. The summed E-state index contributed by atoms with van der Waals surface area (Å²) in [7, 11) is -3.37. The van der Waals surface area contributed by atoms with Crippen LogP contribution in [0.1, 0.15) is 26.7 Å². The monoisotopic (exact) mass is 283 g/mol. The van der Waals surface area contributed by atoms with E-state index in [1.165, 1.54) is 6.20 Å². The van der Waals surface area contributed by atoms with Crippen LogP contribution in [0.5, 0.6) is 0 Å². The highest BCUT2D eigenvalue weighted by Gasteiger charge is 2.31. The van der Waals surface area contributed by atoms with Crippen LogP contribution in [0.2, 0.25) is 0 Å². The average Bonchev–Trinajstić information content (AvgIpc) is 2.89. The van der Waals surface area contributed by atoms with Gasteiger partial charge in [0, 0.05) is 25.8 Å². The number of pyridine rings is 1. The van der Waals surface area contributed by atoms with Gasteiger partial charge >= 0.3 is 0 Å². The molecule has 0 aliphatic carbocycles. The molecule has 5 nitrogen and oxygen atoms in total. The van der Waals surface area contributed by atoms with Crippen molar-refractivity contribution in [2.45, 2.75) is 31.6 Å². The molecule has 1 aromatic rings. The lowest BCUT2D eigenvalue weighted by Gasteiger charge is -2.16. The summed E-state index contributed by atoms with van der Waals surface area (Å²) in [5, 5.41) is 3.05. The first kappa shape index (κ1) is 14.3. The molecular formula is C13H21N3O2S. The molecule has 0 spiro atoms. The van der Waals surface area contributed by atoms with Gasteiger partial charge in [0.05, 0.1) is 0 Å². The predicted octanol–water partition coefficient (Wildman–Crippen LogP) is 1.93. The van der Waals surface area contributed by atoms with E-state index < -0.39 is 10.0 Å². The number of nitrogens with zero attached hydrogens (tertiary/aromatic N) is 2. The van der Waals surface area contributed by atoms with Crippen molar-refractivity contribution in [2.75, 3.05) is 25.0 Å². The highest BCUT2D eigenvalue weighted by Crippen LogP contribution is 2.25. The first-order valence-electron chi connectivity index (χ1n) is 6.78. The lowest BCUT2D eigenvalue weighted by atomic mass is 10.1. The molecule has 0 aromatic carbocycles. The Morgan fingerprint density at radius 1 is 1.42 bits per heavy atom. The number of sulfonamides is 1. The molecule has 6 heteroatoms.